The molecule has 9 nitrogen and oxygen atoms in total. The molecule has 2 aromatic heterocycles. The quantitative estimate of drug-likeness (QED) is 0.269. The van der Waals surface area contributed by atoms with Crippen molar-refractivity contribution in [2.24, 2.45) is 0 Å². The van der Waals surface area contributed by atoms with E-state index in [1.165, 1.54) is 25.3 Å². The van der Waals surface area contributed by atoms with Crippen LogP contribution in [0.15, 0.2) is 88.2 Å². The number of hydrogen-bond donors (Lipinski definition) is 3. The molecule has 1 atom stereocenters. The molecular formula is C29H24N2O7. The number of ether oxygens (including phenoxy) is 2. The fourth-order valence-corrected chi connectivity index (χ4v) is 4.31. The number of carbonyl (C=O) groups excluding carboxylic acids is 2. The van der Waals surface area contributed by atoms with Crippen molar-refractivity contribution in [2.45, 2.75) is 12.5 Å². The van der Waals surface area contributed by atoms with Crippen LogP contribution in [0.5, 0.6) is 11.5 Å². The number of phenolic OH excluding ortho intramolecular Hbond substituents is 1. The summed E-state index contributed by atoms with van der Waals surface area (Å²) in [6.07, 6.45) is 2.01. The molecule has 5 rings (SSSR count). The molecule has 38 heavy (non-hydrogen) atoms. The number of methoxy groups -OCH3 is 1. The Bertz CT molecular complexity index is 1690. The maximum absolute atomic E-state index is 12.7. The number of rotatable bonds is 8. The van der Waals surface area contributed by atoms with Gasteiger partial charge in [-0.15, -0.1) is 0 Å². The van der Waals surface area contributed by atoms with Gasteiger partial charge in [0, 0.05) is 47.3 Å². The number of fused-ring (bicyclic) bond motifs is 2. The molecule has 9 heteroatoms. The van der Waals surface area contributed by atoms with Crippen molar-refractivity contribution in [1.29, 1.82) is 0 Å². The third kappa shape index (κ3) is 5.08. The zero-order chi connectivity index (χ0) is 26.6. The first kappa shape index (κ1) is 24.6. The van der Waals surface area contributed by atoms with Crippen LogP contribution in [0.4, 0.5) is 0 Å². The Morgan fingerprint density at radius 2 is 1.82 bits per heavy atom. The number of nitrogens with one attached hydrogen (secondary N) is 2. The van der Waals surface area contributed by atoms with Gasteiger partial charge in [0.25, 0.3) is 5.91 Å². The summed E-state index contributed by atoms with van der Waals surface area (Å²) >= 11 is 0. The maximum atomic E-state index is 12.7. The fraction of sp³-hybridized carbons (Fsp3) is 0.138. The van der Waals surface area contributed by atoms with Crippen molar-refractivity contribution in [2.75, 3.05) is 13.7 Å². The predicted molar refractivity (Wildman–Crippen MR) is 141 cm³/mol. The molecule has 0 fully saturated rings. The number of para-hydroxylation sites is 1. The second-order valence-electron chi connectivity index (χ2n) is 8.65. The van der Waals surface area contributed by atoms with E-state index in [0.29, 0.717) is 11.3 Å². The molecule has 2 heterocycles. The molecule has 0 spiro atoms. The number of carbonyl (C=O) groups is 2. The first-order valence-electron chi connectivity index (χ1n) is 11.8. The Balaban J connectivity index is 1.32. The SMILES string of the molecule is COC(=O)[C@@H](Cc1c[nH]c2ccccc12)NC(=O)COc1cc(O)c2c(=O)cc(-c3ccccc3)oc2c1. The van der Waals surface area contributed by atoms with Gasteiger partial charge >= 0.3 is 5.97 Å². The number of esters is 1. The predicted octanol–water partition coefficient (Wildman–Crippen LogP) is 3.93. The number of benzene rings is 3. The number of aromatic hydroxyl groups is 1. The largest absolute Gasteiger partial charge is 0.507 e. The van der Waals surface area contributed by atoms with E-state index in [4.69, 9.17) is 13.9 Å². The van der Waals surface area contributed by atoms with Crippen molar-refractivity contribution in [3.8, 4) is 22.8 Å². The van der Waals surface area contributed by atoms with E-state index < -0.39 is 30.0 Å². The number of aromatic nitrogens is 1. The first-order valence-corrected chi connectivity index (χ1v) is 11.8. The molecule has 1 amide bonds. The molecule has 5 aromatic rings. The van der Waals surface area contributed by atoms with Gasteiger partial charge in [-0.3, -0.25) is 9.59 Å². The summed E-state index contributed by atoms with van der Waals surface area (Å²) in [5, 5.41) is 14.0. The third-order valence-corrected chi connectivity index (χ3v) is 6.13. The minimum Gasteiger partial charge on any atom is -0.507 e. The van der Waals surface area contributed by atoms with E-state index in [-0.39, 0.29) is 28.9 Å². The van der Waals surface area contributed by atoms with Gasteiger partial charge in [-0.2, -0.15) is 0 Å². The van der Waals surface area contributed by atoms with Crippen LogP contribution in [-0.2, 0) is 20.7 Å². The van der Waals surface area contributed by atoms with E-state index in [1.54, 1.807) is 18.3 Å². The maximum Gasteiger partial charge on any atom is 0.328 e. The van der Waals surface area contributed by atoms with Crippen LogP contribution < -0.4 is 15.5 Å². The normalized spacial score (nSPS) is 11.8. The van der Waals surface area contributed by atoms with Crippen molar-refractivity contribution >= 4 is 33.7 Å². The molecular weight excluding hydrogens is 488 g/mol. The molecule has 0 saturated carbocycles. The lowest BCUT2D eigenvalue weighted by Gasteiger charge is -2.17. The summed E-state index contributed by atoms with van der Waals surface area (Å²) in [5.41, 5.74) is 2.16. The fourth-order valence-electron chi connectivity index (χ4n) is 4.31. The molecule has 0 bridgehead atoms. The van der Waals surface area contributed by atoms with Crippen LogP contribution in [0.2, 0.25) is 0 Å². The van der Waals surface area contributed by atoms with Gasteiger partial charge in [-0.25, -0.2) is 4.79 Å². The lowest BCUT2D eigenvalue weighted by molar-refractivity contribution is -0.145. The highest BCUT2D eigenvalue weighted by atomic mass is 16.5. The Labute approximate surface area is 216 Å². The molecule has 0 unspecified atom stereocenters. The second kappa shape index (κ2) is 10.5. The van der Waals surface area contributed by atoms with Crippen LogP contribution >= 0.6 is 0 Å². The van der Waals surface area contributed by atoms with E-state index in [0.717, 1.165) is 16.5 Å². The summed E-state index contributed by atoms with van der Waals surface area (Å²) in [4.78, 5) is 40.9. The molecule has 0 aliphatic rings. The smallest absolute Gasteiger partial charge is 0.328 e. The summed E-state index contributed by atoms with van der Waals surface area (Å²) in [6.45, 7) is -0.449. The van der Waals surface area contributed by atoms with Gasteiger partial charge in [0.2, 0.25) is 0 Å². The van der Waals surface area contributed by atoms with Crippen LogP contribution in [0.1, 0.15) is 5.56 Å². The molecule has 3 N–H and O–H groups in total. The molecule has 0 saturated heterocycles. The minimum atomic E-state index is -0.938. The standard InChI is InChI=1S/C29H24N2O7/c1-36-29(35)22(11-18-15-30-21-10-6-5-9-20(18)21)31-27(34)16-37-19-12-23(32)28-24(33)14-25(38-26(28)13-19)17-7-3-2-4-8-17/h2-10,12-15,22,30,32H,11,16H2,1H3,(H,31,34)/t22-/m1/s1. The lowest BCUT2D eigenvalue weighted by atomic mass is 10.0. The Kier molecular flexibility index (Phi) is 6.82. The molecule has 3 aromatic carbocycles. The molecule has 192 valence electrons. The number of hydrogen-bond acceptors (Lipinski definition) is 7. The summed E-state index contributed by atoms with van der Waals surface area (Å²) in [6, 6.07) is 19.7. The average molecular weight is 513 g/mol. The van der Waals surface area contributed by atoms with E-state index in [2.05, 4.69) is 10.3 Å². The Hall–Kier alpha value is -5.05. The minimum absolute atomic E-state index is 0.00553. The molecule has 0 radical (unpaired) electrons. The van der Waals surface area contributed by atoms with Gasteiger partial charge in [0.15, 0.2) is 12.0 Å². The highest BCUT2D eigenvalue weighted by Crippen LogP contribution is 2.31. The van der Waals surface area contributed by atoms with Crippen LogP contribution in [-0.4, -0.2) is 41.7 Å². The summed E-state index contributed by atoms with van der Waals surface area (Å²) in [7, 11) is 1.25. The molecule has 0 aliphatic carbocycles. The number of H-pyrrole nitrogens is 1. The zero-order valence-electron chi connectivity index (χ0n) is 20.4. The number of aromatic amines is 1. The van der Waals surface area contributed by atoms with Crippen molar-refractivity contribution in [1.82, 2.24) is 10.3 Å². The van der Waals surface area contributed by atoms with Crippen LogP contribution in [0, 0.1) is 0 Å². The van der Waals surface area contributed by atoms with Gasteiger partial charge in [0.05, 0.1) is 7.11 Å². The second-order valence-corrected chi connectivity index (χ2v) is 8.65. The van der Waals surface area contributed by atoms with E-state index in [9.17, 15) is 19.5 Å². The van der Waals surface area contributed by atoms with Crippen molar-refractivity contribution < 1.29 is 28.6 Å². The van der Waals surface area contributed by atoms with Gasteiger partial charge < -0.3 is 29.3 Å². The Morgan fingerprint density at radius 1 is 1.05 bits per heavy atom. The average Bonchev–Trinajstić information content (AvgIpc) is 3.34. The monoisotopic (exact) mass is 512 g/mol. The van der Waals surface area contributed by atoms with Gasteiger partial charge in [-0.05, 0) is 11.6 Å². The van der Waals surface area contributed by atoms with Gasteiger partial charge in [-0.1, -0.05) is 48.5 Å². The summed E-state index contributed by atoms with van der Waals surface area (Å²) < 4.78 is 16.3. The van der Waals surface area contributed by atoms with Crippen molar-refractivity contribution in [3.63, 3.8) is 0 Å². The van der Waals surface area contributed by atoms with Gasteiger partial charge in [0.1, 0.15) is 34.3 Å². The van der Waals surface area contributed by atoms with E-state index >= 15 is 0 Å². The van der Waals surface area contributed by atoms with E-state index in [1.807, 2.05) is 42.5 Å². The zero-order valence-corrected chi connectivity index (χ0v) is 20.4. The van der Waals surface area contributed by atoms with Crippen molar-refractivity contribution in [3.05, 3.63) is 94.8 Å². The third-order valence-electron chi connectivity index (χ3n) is 6.13. The van der Waals surface area contributed by atoms with Crippen LogP contribution in [0.25, 0.3) is 33.2 Å². The topological polar surface area (TPSA) is 131 Å². The van der Waals surface area contributed by atoms with Crippen LogP contribution in [0.3, 0.4) is 0 Å². The number of phenols is 1. The lowest BCUT2D eigenvalue weighted by Crippen LogP contribution is -2.44. The molecule has 0 aliphatic heterocycles. The highest BCUT2D eigenvalue weighted by Gasteiger charge is 2.24. The number of amides is 1. The first-order chi connectivity index (χ1) is 18.4. The Morgan fingerprint density at radius 3 is 2.61 bits per heavy atom. The highest BCUT2D eigenvalue weighted by molar-refractivity contribution is 5.88. The summed E-state index contributed by atoms with van der Waals surface area (Å²) in [5.74, 6) is -1.06.